The van der Waals surface area contributed by atoms with Crippen LogP contribution in [-0.4, -0.2) is 23.8 Å². The second-order valence-electron chi connectivity index (χ2n) is 8.87. The molecule has 0 saturated carbocycles. The average Bonchev–Trinajstić information content (AvgIpc) is 2.72. The Morgan fingerprint density at radius 3 is 2.52 bits per heavy atom. The van der Waals surface area contributed by atoms with Gasteiger partial charge < -0.3 is 14.6 Å². The second kappa shape index (κ2) is 9.88. The quantitative estimate of drug-likeness (QED) is 0.474. The Hall–Kier alpha value is -2.30. The van der Waals surface area contributed by atoms with Crippen LogP contribution in [0.1, 0.15) is 67.6 Å². The molecule has 2 aromatic carbocycles. The number of benzene rings is 2. The van der Waals surface area contributed by atoms with Gasteiger partial charge in [-0.3, -0.25) is 0 Å². The topological polar surface area (TPSA) is 55.8 Å². The lowest BCUT2D eigenvalue weighted by molar-refractivity contribution is -0.0812. The summed E-state index contributed by atoms with van der Waals surface area (Å²) in [5.41, 5.74) is 3.18. The number of hydrogen-bond donors (Lipinski definition) is 1. The minimum Gasteiger partial charge on any atom is -0.493 e. The van der Waals surface area contributed by atoms with Gasteiger partial charge in [0.2, 0.25) is 0 Å². The predicted molar refractivity (Wildman–Crippen MR) is 124 cm³/mol. The first-order valence-corrected chi connectivity index (χ1v) is 11.1. The van der Waals surface area contributed by atoms with E-state index in [1.165, 1.54) is 5.56 Å². The molecule has 0 radical (unpaired) electrons. The number of carbonyl (C=O) groups is 1. The summed E-state index contributed by atoms with van der Waals surface area (Å²) in [4.78, 5) is 11.6. The van der Waals surface area contributed by atoms with Crippen LogP contribution in [0.4, 0.5) is 0 Å². The van der Waals surface area contributed by atoms with Gasteiger partial charge in [0.15, 0.2) is 0 Å². The van der Waals surface area contributed by atoms with Crippen molar-refractivity contribution in [3.8, 4) is 5.75 Å². The largest absolute Gasteiger partial charge is 0.493 e. The van der Waals surface area contributed by atoms with Crippen molar-refractivity contribution >= 4 is 17.6 Å². The number of ether oxygens (including phenoxy) is 2. The lowest BCUT2D eigenvalue weighted by atomic mass is 9.75. The van der Waals surface area contributed by atoms with E-state index in [1.54, 1.807) is 18.2 Å². The summed E-state index contributed by atoms with van der Waals surface area (Å²) < 4.78 is 12.6. The minimum absolute atomic E-state index is 0.0299. The van der Waals surface area contributed by atoms with Gasteiger partial charge in [0.25, 0.3) is 0 Å². The molecule has 31 heavy (non-hydrogen) atoms. The van der Waals surface area contributed by atoms with E-state index < -0.39 is 5.97 Å². The molecule has 4 nitrogen and oxygen atoms in total. The van der Waals surface area contributed by atoms with Gasteiger partial charge in [-0.1, -0.05) is 49.7 Å². The van der Waals surface area contributed by atoms with Crippen LogP contribution >= 0.6 is 11.6 Å². The highest BCUT2D eigenvalue weighted by atomic mass is 35.5. The molecule has 1 aliphatic heterocycles. The molecular formula is C26H31ClO4. The van der Waals surface area contributed by atoms with E-state index in [-0.39, 0.29) is 29.6 Å². The summed E-state index contributed by atoms with van der Waals surface area (Å²) >= 11 is 6.07. The highest BCUT2D eigenvalue weighted by Crippen LogP contribution is 2.48. The van der Waals surface area contributed by atoms with Crippen LogP contribution in [0.15, 0.2) is 54.6 Å². The third-order valence-corrected chi connectivity index (χ3v) is 6.12. The molecule has 1 heterocycles. The van der Waals surface area contributed by atoms with Gasteiger partial charge in [-0.2, -0.15) is 0 Å². The summed E-state index contributed by atoms with van der Waals surface area (Å²) in [5.74, 6) is 0.281. The maximum absolute atomic E-state index is 11.6. The number of rotatable bonds is 7. The Kier molecular flexibility index (Phi) is 7.45. The molecule has 0 bridgehead atoms. The van der Waals surface area contributed by atoms with E-state index in [2.05, 4.69) is 27.4 Å². The number of halogens is 1. The molecule has 0 spiro atoms. The van der Waals surface area contributed by atoms with Crippen molar-refractivity contribution in [1.82, 2.24) is 0 Å². The van der Waals surface area contributed by atoms with Crippen molar-refractivity contribution < 1.29 is 19.4 Å². The van der Waals surface area contributed by atoms with Gasteiger partial charge in [-0.05, 0) is 62.1 Å². The van der Waals surface area contributed by atoms with Gasteiger partial charge in [0.1, 0.15) is 5.75 Å². The summed E-state index contributed by atoms with van der Waals surface area (Å²) in [6.45, 7) is 13.0. The molecule has 0 amide bonds. The smallest absolute Gasteiger partial charge is 0.335 e. The van der Waals surface area contributed by atoms with Crippen LogP contribution < -0.4 is 4.74 Å². The summed E-state index contributed by atoms with van der Waals surface area (Å²) in [6, 6.07) is 12.9. The van der Waals surface area contributed by atoms with E-state index in [1.807, 2.05) is 31.2 Å². The molecule has 3 rings (SSSR count). The van der Waals surface area contributed by atoms with Gasteiger partial charge in [0.05, 0.1) is 24.4 Å². The first-order chi connectivity index (χ1) is 14.7. The first kappa shape index (κ1) is 23.4. The van der Waals surface area contributed by atoms with Crippen LogP contribution in [0.25, 0.3) is 0 Å². The zero-order chi connectivity index (χ0) is 22.7. The van der Waals surface area contributed by atoms with Crippen molar-refractivity contribution in [1.29, 1.82) is 0 Å². The third-order valence-electron chi connectivity index (χ3n) is 5.87. The second-order valence-corrected chi connectivity index (χ2v) is 9.31. The van der Waals surface area contributed by atoms with Crippen LogP contribution in [0.5, 0.6) is 5.75 Å². The lowest BCUT2D eigenvalue weighted by Crippen LogP contribution is -2.34. The van der Waals surface area contributed by atoms with Crippen LogP contribution in [0.2, 0.25) is 5.02 Å². The molecule has 0 unspecified atom stereocenters. The average molecular weight is 443 g/mol. The number of hydrogen-bond acceptors (Lipinski definition) is 3. The minimum atomic E-state index is -0.966. The highest BCUT2D eigenvalue weighted by Gasteiger charge is 2.39. The number of carboxylic acids is 1. The summed E-state index contributed by atoms with van der Waals surface area (Å²) in [5, 5.41) is 10.3. The first-order valence-electron chi connectivity index (χ1n) is 10.7. The van der Waals surface area contributed by atoms with Crippen molar-refractivity contribution in [2.24, 2.45) is 11.8 Å². The fraction of sp³-hybridized carbons (Fsp3) is 0.423. The maximum Gasteiger partial charge on any atom is 0.335 e. The summed E-state index contributed by atoms with van der Waals surface area (Å²) in [6.07, 6.45) is 0.467. The molecule has 1 saturated heterocycles. The normalized spacial score (nSPS) is 23.5. The Balaban J connectivity index is 1.98. The van der Waals surface area contributed by atoms with Crippen LogP contribution in [0.3, 0.4) is 0 Å². The SMILES string of the molecule is C=C(C)[C@H]1C[C@@H](c2ccc(Cl)cc2)[C@H](C)O[C@@H]1c1cc(C(=O)O)ccc1OCC(C)C. The van der Waals surface area contributed by atoms with Crippen molar-refractivity contribution in [3.63, 3.8) is 0 Å². The molecule has 1 aliphatic rings. The molecular weight excluding hydrogens is 412 g/mol. The molecule has 1 N–H and O–H groups in total. The van der Waals surface area contributed by atoms with E-state index in [0.717, 1.165) is 17.6 Å². The van der Waals surface area contributed by atoms with Gasteiger partial charge in [0, 0.05) is 22.4 Å². The predicted octanol–water partition coefficient (Wildman–Crippen LogP) is 6.90. The van der Waals surface area contributed by atoms with Crippen molar-refractivity contribution in [2.45, 2.75) is 52.2 Å². The van der Waals surface area contributed by atoms with Crippen molar-refractivity contribution in [3.05, 3.63) is 76.3 Å². The molecule has 2 aromatic rings. The fourth-order valence-electron chi connectivity index (χ4n) is 4.17. The lowest BCUT2D eigenvalue weighted by Gasteiger charge is -2.42. The Morgan fingerprint density at radius 2 is 1.94 bits per heavy atom. The molecule has 5 heteroatoms. The van der Waals surface area contributed by atoms with Gasteiger partial charge in [-0.25, -0.2) is 4.79 Å². The third kappa shape index (κ3) is 5.50. The van der Waals surface area contributed by atoms with Gasteiger partial charge in [-0.15, -0.1) is 0 Å². The molecule has 1 fully saturated rings. The standard InChI is InChI=1S/C26H31ClO4/c1-15(2)14-30-24-11-8-19(26(28)29)12-23(24)25-21(16(3)4)13-22(17(5)31-25)18-6-9-20(27)10-7-18/h6-12,15,17,21-22,25H,3,13-14H2,1-2,4-5H3,(H,28,29)/t17-,21+,22+,25-/m0/s1. The summed E-state index contributed by atoms with van der Waals surface area (Å²) in [7, 11) is 0. The number of carboxylic acid groups (broad SMARTS) is 1. The van der Waals surface area contributed by atoms with Crippen LogP contribution in [-0.2, 0) is 4.74 Å². The zero-order valence-corrected chi connectivity index (χ0v) is 19.4. The zero-order valence-electron chi connectivity index (χ0n) is 18.6. The molecule has 0 aliphatic carbocycles. The van der Waals surface area contributed by atoms with Crippen molar-refractivity contribution in [2.75, 3.05) is 6.61 Å². The molecule has 0 aromatic heterocycles. The monoisotopic (exact) mass is 442 g/mol. The molecule has 4 atom stereocenters. The Bertz CT molecular complexity index is 935. The van der Waals surface area contributed by atoms with E-state index in [0.29, 0.717) is 23.3 Å². The maximum atomic E-state index is 11.6. The number of aromatic carboxylic acids is 1. The van der Waals surface area contributed by atoms with Crippen LogP contribution in [0, 0.1) is 11.8 Å². The Labute approximate surface area is 189 Å². The Morgan fingerprint density at radius 1 is 1.26 bits per heavy atom. The van der Waals surface area contributed by atoms with E-state index in [9.17, 15) is 9.90 Å². The van der Waals surface area contributed by atoms with E-state index in [4.69, 9.17) is 21.1 Å². The van der Waals surface area contributed by atoms with E-state index >= 15 is 0 Å². The van der Waals surface area contributed by atoms with Gasteiger partial charge >= 0.3 is 5.97 Å². The molecule has 166 valence electrons. The highest BCUT2D eigenvalue weighted by molar-refractivity contribution is 6.30. The fourth-order valence-corrected chi connectivity index (χ4v) is 4.29.